The summed E-state index contributed by atoms with van der Waals surface area (Å²) in [4.78, 5) is 26.0. The SMILES string of the molecule is CCC(C)OC1CCC(NC(=O)c2cc(C)cc(C(=O)NC3CCC(OC(I)CC)CC3)c2)CC1. The van der Waals surface area contributed by atoms with Gasteiger partial charge >= 0.3 is 0 Å². The molecule has 7 heteroatoms. The summed E-state index contributed by atoms with van der Waals surface area (Å²) >= 11 is 2.35. The Hall–Kier alpha value is -1.19. The highest BCUT2D eigenvalue weighted by Gasteiger charge is 2.26. The topological polar surface area (TPSA) is 76.7 Å². The van der Waals surface area contributed by atoms with Gasteiger partial charge in [-0.05, 0) is 102 Å². The Bertz CT molecular complexity index is 768. The number of rotatable bonds is 10. The molecule has 1 aromatic carbocycles. The highest BCUT2D eigenvalue weighted by Crippen LogP contribution is 2.26. The number of carbonyl (C=O) groups excluding carboxylic acids is 2. The molecule has 2 unspecified atom stereocenters. The summed E-state index contributed by atoms with van der Waals surface area (Å²) in [6.45, 7) is 8.32. The maximum absolute atomic E-state index is 13.0. The number of carbonyl (C=O) groups is 2. The molecular weight excluding hydrogens is 555 g/mol. The molecule has 0 heterocycles. The van der Waals surface area contributed by atoms with Gasteiger partial charge in [0.15, 0.2) is 0 Å². The molecule has 0 spiro atoms. The number of hydrogen-bond donors (Lipinski definition) is 2. The Morgan fingerprint density at radius 3 is 1.71 bits per heavy atom. The van der Waals surface area contributed by atoms with E-state index in [0.29, 0.717) is 17.2 Å². The fraction of sp³-hybridized carbons (Fsp3) is 0.714. The lowest BCUT2D eigenvalue weighted by Gasteiger charge is -2.31. The molecule has 2 aliphatic rings. The van der Waals surface area contributed by atoms with E-state index >= 15 is 0 Å². The summed E-state index contributed by atoms with van der Waals surface area (Å²) in [6, 6.07) is 5.76. The van der Waals surface area contributed by atoms with Gasteiger partial charge in [-0.15, -0.1) is 0 Å². The van der Waals surface area contributed by atoms with Gasteiger partial charge in [0.25, 0.3) is 11.8 Å². The predicted molar refractivity (Wildman–Crippen MR) is 148 cm³/mol. The molecule has 2 saturated carbocycles. The lowest BCUT2D eigenvalue weighted by Crippen LogP contribution is -2.40. The first kappa shape index (κ1) is 28.4. The first-order valence-electron chi connectivity index (χ1n) is 13.5. The van der Waals surface area contributed by atoms with E-state index in [1.165, 1.54) is 0 Å². The zero-order valence-electron chi connectivity index (χ0n) is 21.8. The Morgan fingerprint density at radius 1 is 0.829 bits per heavy atom. The smallest absolute Gasteiger partial charge is 0.251 e. The normalized spacial score (nSPS) is 26.5. The number of aryl methyl sites for hydroxylation is 1. The molecule has 6 nitrogen and oxygen atoms in total. The number of benzene rings is 1. The van der Waals surface area contributed by atoms with E-state index in [1.54, 1.807) is 6.07 Å². The minimum absolute atomic E-state index is 0.101. The van der Waals surface area contributed by atoms with Crippen LogP contribution < -0.4 is 10.6 Å². The number of ether oxygens (including phenoxy) is 2. The number of halogens is 1. The van der Waals surface area contributed by atoms with Crippen LogP contribution >= 0.6 is 22.6 Å². The fourth-order valence-corrected chi connectivity index (χ4v) is 5.41. The van der Waals surface area contributed by atoms with E-state index in [9.17, 15) is 9.59 Å². The second-order valence-electron chi connectivity index (χ2n) is 10.3. The Balaban J connectivity index is 1.50. The van der Waals surface area contributed by atoms with Crippen molar-refractivity contribution in [2.24, 2.45) is 0 Å². The van der Waals surface area contributed by atoms with Gasteiger partial charge in [-0.2, -0.15) is 0 Å². The van der Waals surface area contributed by atoms with Gasteiger partial charge in [-0.25, -0.2) is 0 Å². The molecule has 0 bridgehead atoms. The van der Waals surface area contributed by atoms with Crippen LogP contribution in [0, 0.1) is 6.92 Å². The zero-order chi connectivity index (χ0) is 25.4. The molecule has 2 amide bonds. The van der Waals surface area contributed by atoms with Gasteiger partial charge in [-0.1, -0.05) is 36.4 Å². The summed E-state index contributed by atoms with van der Waals surface area (Å²) in [6.07, 6.45) is 10.5. The minimum atomic E-state index is -0.102. The Labute approximate surface area is 224 Å². The molecule has 35 heavy (non-hydrogen) atoms. The molecule has 1 aromatic rings. The first-order chi connectivity index (χ1) is 16.8. The van der Waals surface area contributed by atoms with Crippen molar-refractivity contribution >= 4 is 34.4 Å². The standard InChI is InChI=1S/C28H43IN2O4/c1-5-19(4)34-24-11-7-22(8-12-24)30-27(32)20-15-18(3)16-21(17-20)28(33)31-23-9-13-25(14-10-23)35-26(29)6-2/h15-17,19,22-26H,5-14H2,1-4H3,(H,30,32)(H,31,33). The van der Waals surface area contributed by atoms with Crippen molar-refractivity contribution in [1.82, 2.24) is 10.6 Å². The van der Waals surface area contributed by atoms with Crippen molar-refractivity contribution in [2.75, 3.05) is 0 Å². The third kappa shape index (κ3) is 9.01. The zero-order valence-corrected chi connectivity index (χ0v) is 23.9. The van der Waals surface area contributed by atoms with Crippen molar-refractivity contribution < 1.29 is 19.1 Å². The van der Waals surface area contributed by atoms with Crippen LogP contribution in [0.2, 0.25) is 0 Å². The van der Waals surface area contributed by atoms with Crippen LogP contribution in [-0.4, -0.2) is 46.3 Å². The van der Waals surface area contributed by atoms with Crippen molar-refractivity contribution in [2.45, 2.75) is 126 Å². The molecule has 2 N–H and O–H groups in total. The van der Waals surface area contributed by atoms with E-state index in [4.69, 9.17) is 9.47 Å². The van der Waals surface area contributed by atoms with E-state index in [0.717, 1.165) is 69.8 Å². The van der Waals surface area contributed by atoms with E-state index in [2.05, 4.69) is 54.0 Å². The largest absolute Gasteiger partial charge is 0.375 e. The second-order valence-corrected chi connectivity index (χ2v) is 11.7. The van der Waals surface area contributed by atoms with Crippen molar-refractivity contribution in [1.29, 1.82) is 0 Å². The highest BCUT2D eigenvalue weighted by atomic mass is 127. The molecule has 196 valence electrons. The van der Waals surface area contributed by atoms with Crippen molar-refractivity contribution in [3.05, 3.63) is 34.9 Å². The average molecular weight is 599 g/mol. The number of alkyl halides is 1. The molecule has 2 atom stereocenters. The predicted octanol–water partition coefficient (Wildman–Crippen LogP) is 6.08. The fourth-order valence-electron chi connectivity index (χ4n) is 5.00. The lowest BCUT2D eigenvalue weighted by atomic mass is 9.92. The molecule has 0 aromatic heterocycles. The summed E-state index contributed by atoms with van der Waals surface area (Å²) in [5.74, 6) is -0.203. The number of hydrogen-bond acceptors (Lipinski definition) is 4. The van der Waals surface area contributed by atoms with Crippen LogP contribution in [0.5, 0.6) is 0 Å². The molecule has 2 fully saturated rings. The van der Waals surface area contributed by atoms with Gasteiger partial charge < -0.3 is 20.1 Å². The lowest BCUT2D eigenvalue weighted by molar-refractivity contribution is -0.0257. The van der Waals surface area contributed by atoms with Crippen LogP contribution in [0.15, 0.2) is 18.2 Å². The maximum Gasteiger partial charge on any atom is 0.251 e. The molecule has 0 aliphatic heterocycles. The van der Waals surface area contributed by atoms with Gasteiger partial charge in [0, 0.05) is 23.2 Å². The molecular formula is C28H43IN2O4. The Kier molecular flexibility index (Phi) is 11.3. The minimum Gasteiger partial charge on any atom is -0.375 e. The maximum atomic E-state index is 13.0. The van der Waals surface area contributed by atoms with E-state index in [-0.39, 0.29) is 40.2 Å². The molecule has 0 radical (unpaired) electrons. The number of nitrogens with one attached hydrogen (secondary N) is 2. The highest BCUT2D eigenvalue weighted by molar-refractivity contribution is 14.1. The average Bonchev–Trinajstić information content (AvgIpc) is 2.85. The van der Waals surface area contributed by atoms with Crippen molar-refractivity contribution in [3.63, 3.8) is 0 Å². The summed E-state index contributed by atoms with van der Waals surface area (Å²) < 4.78 is 12.4. The Morgan fingerprint density at radius 2 is 1.29 bits per heavy atom. The van der Waals surface area contributed by atoms with Gasteiger partial charge in [0.05, 0.1) is 18.3 Å². The summed E-state index contributed by atoms with van der Waals surface area (Å²) in [7, 11) is 0. The molecule has 2 aliphatic carbocycles. The summed E-state index contributed by atoms with van der Waals surface area (Å²) in [5, 5.41) is 6.36. The monoisotopic (exact) mass is 598 g/mol. The first-order valence-corrected chi connectivity index (χ1v) is 14.7. The van der Waals surface area contributed by atoms with E-state index in [1.807, 2.05) is 19.1 Å². The van der Waals surface area contributed by atoms with Crippen LogP contribution in [0.1, 0.15) is 111 Å². The van der Waals surface area contributed by atoms with Gasteiger partial charge in [0.2, 0.25) is 0 Å². The van der Waals surface area contributed by atoms with Crippen LogP contribution in [0.4, 0.5) is 0 Å². The third-order valence-corrected chi connectivity index (χ3v) is 8.46. The quantitative estimate of drug-likeness (QED) is 0.253. The van der Waals surface area contributed by atoms with E-state index < -0.39 is 0 Å². The summed E-state index contributed by atoms with van der Waals surface area (Å²) in [5.41, 5.74) is 2.02. The van der Waals surface area contributed by atoms with Crippen molar-refractivity contribution in [3.8, 4) is 0 Å². The van der Waals surface area contributed by atoms with Crippen LogP contribution in [0.3, 0.4) is 0 Å². The molecule has 3 rings (SSSR count). The molecule has 0 saturated heterocycles. The number of amides is 2. The third-order valence-electron chi connectivity index (χ3n) is 7.28. The van der Waals surface area contributed by atoms with Crippen LogP contribution in [0.25, 0.3) is 0 Å². The van der Waals surface area contributed by atoms with Gasteiger partial charge in [0.1, 0.15) is 4.11 Å². The second kappa shape index (κ2) is 13.9. The van der Waals surface area contributed by atoms with Crippen LogP contribution in [-0.2, 0) is 9.47 Å². The van der Waals surface area contributed by atoms with Gasteiger partial charge in [-0.3, -0.25) is 9.59 Å².